The predicted molar refractivity (Wildman–Crippen MR) is 48.8 cm³/mol. The smallest absolute Gasteiger partial charge is 0.161 e. The highest BCUT2D eigenvalue weighted by molar-refractivity contribution is 5.97. The van der Waals surface area contributed by atoms with Gasteiger partial charge in [-0.3, -0.25) is 4.79 Å². The first-order valence-electron chi connectivity index (χ1n) is 5.01. The number of allylic oxidation sites excluding steroid dienone is 1. The minimum atomic E-state index is 0.361. The lowest BCUT2D eigenvalue weighted by Gasteiger charge is -2.34. The second-order valence-electron chi connectivity index (χ2n) is 4.16. The summed E-state index contributed by atoms with van der Waals surface area (Å²) in [5.41, 5.74) is 0.887. The van der Waals surface area contributed by atoms with Crippen LogP contribution in [-0.4, -0.2) is 5.78 Å². The molecule has 12 heavy (non-hydrogen) atoms. The van der Waals surface area contributed by atoms with Gasteiger partial charge in [-0.25, -0.2) is 0 Å². The molecule has 0 aromatic carbocycles. The van der Waals surface area contributed by atoms with Crippen molar-refractivity contribution in [2.75, 3.05) is 0 Å². The summed E-state index contributed by atoms with van der Waals surface area (Å²) in [5, 5.41) is 0. The van der Waals surface area contributed by atoms with Crippen LogP contribution in [0.15, 0.2) is 12.2 Å². The van der Waals surface area contributed by atoms with Gasteiger partial charge in [-0.15, -0.1) is 0 Å². The molecule has 66 valence electrons. The Labute approximate surface area is 73.8 Å². The zero-order valence-electron chi connectivity index (χ0n) is 7.51. The summed E-state index contributed by atoms with van der Waals surface area (Å²) in [5.74, 6) is 1.45. The first-order valence-corrected chi connectivity index (χ1v) is 5.01. The fraction of sp³-hybridized carbons (Fsp3) is 0.727. The van der Waals surface area contributed by atoms with Crippen molar-refractivity contribution in [3.05, 3.63) is 12.2 Å². The normalized spacial score (nSPS) is 36.3. The maximum Gasteiger partial charge on any atom is 0.161 e. The molecular formula is C11H16O. The predicted octanol–water partition coefficient (Wildman–Crippen LogP) is 2.71. The topological polar surface area (TPSA) is 17.1 Å². The standard InChI is InChI=1S/C11H16O/c1-8-6-7-9-4-2-3-5-10(9)11(8)12/h9-10H,1-7H2. The van der Waals surface area contributed by atoms with Gasteiger partial charge in [-0.05, 0) is 37.2 Å². The lowest BCUT2D eigenvalue weighted by atomic mass is 9.69. The molecule has 2 unspecified atom stereocenters. The maximum absolute atomic E-state index is 11.7. The summed E-state index contributed by atoms with van der Waals surface area (Å²) in [6.45, 7) is 3.84. The van der Waals surface area contributed by atoms with Crippen molar-refractivity contribution in [1.82, 2.24) is 0 Å². The molecule has 1 heteroatoms. The largest absolute Gasteiger partial charge is 0.294 e. The lowest BCUT2D eigenvalue weighted by molar-refractivity contribution is -0.123. The average molecular weight is 164 g/mol. The number of Topliss-reactive ketones (excluding diaryl/α,β-unsaturated/α-hetero) is 1. The Bertz CT molecular complexity index is 217. The van der Waals surface area contributed by atoms with Gasteiger partial charge < -0.3 is 0 Å². The Morgan fingerprint density at radius 2 is 1.92 bits per heavy atom. The molecule has 2 aliphatic carbocycles. The van der Waals surface area contributed by atoms with Crippen molar-refractivity contribution >= 4 is 5.78 Å². The molecule has 0 heterocycles. The molecule has 2 fully saturated rings. The number of ketones is 1. The molecule has 2 saturated carbocycles. The summed E-state index contributed by atoms with van der Waals surface area (Å²) in [7, 11) is 0. The van der Waals surface area contributed by atoms with Crippen LogP contribution < -0.4 is 0 Å². The van der Waals surface area contributed by atoms with Gasteiger partial charge in [-0.2, -0.15) is 0 Å². The van der Waals surface area contributed by atoms with E-state index < -0.39 is 0 Å². The quantitative estimate of drug-likeness (QED) is 0.503. The van der Waals surface area contributed by atoms with Crippen molar-refractivity contribution < 1.29 is 4.79 Å². The van der Waals surface area contributed by atoms with Gasteiger partial charge >= 0.3 is 0 Å². The minimum absolute atomic E-state index is 0.361. The Morgan fingerprint density at radius 1 is 1.17 bits per heavy atom. The zero-order valence-corrected chi connectivity index (χ0v) is 7.51. The van der Waals surface area contributed by atoms with E-state index >= 15 is 0 Å². The van der Waals surface area contributed by atoms with E-state index in [2.05, 4.69) is 6.58 Å². The van der Waals surface area contributed by atoms with E-state index in [4.69, 9.17) is 0 Å². The molecule has 1 nitrogen and oxygen atoms in total. The highest BCUT2D eigenvalue weighted by Crippen LogP contribution is 2.39. The molecule has 0 spiro atoms. The SMILES string of the molecule is C=C1CCC2CCCCC2C1=O. The second-order valence-corrected chi connectivity index (χ2v) is 4.16. The van der Waals surface area contributed by atoms with E-state index in [-0.39, 0.29) is 0 Å². The van der Waals surface area contributed by atoms with Gasteiger partial charge in [0.2, 0.25) is 0 Å². The van der Waals surface area contributed by atoms with Gasteiger partial charge in [0.15, 0.2) is 5.78 Å². The third-order valence-electron chi connectivity index (χ3n) is 3.41. The Morgan fingerprint density at radius 3 is 2.75 bits per heavy atom. The molecule has 0 N–H and O–H groups in total. The molecule has 2 atom stereocenters. The average Bonchev–Trinajstić information content (AvgIpc) is 2.12. The van der Waals surface area contributed by atoms with Crippen LogP contribution in [-0.2, 0) is 4.79 Å². The summed E-state index contributed by atoms with van der Waals surface area (Å²) in [4.78, 5) is 11.7. The third-order valence-corrected chi connectivity index (χ3v) is 3.41. The first kappa shape index (κ1) is 8.03. The van der Waals surface area contributed by atoms with Gasteiger partial charge in [0, 0.05) is 5.92 Å². The maximum atomic E-state index is 11.7. The second kappa shape index (κ2) is 3.04. The molecule has 0 aromatic heterocycles. The van der Waals surface area contributed by atoms with Gasteiger partial charge in [0.05, 0.1) is 0 Å². The number of fused-ring (bicyclic) bond motifs is 1. The Hall–Kier alpha value is -0.590. The van der Waals surface area contributed by atoms with E-state index in [1.807, 2.05) is 0 Å². The number of carbonyl (C=O) groups is 1. The van der Waals surface area contributed by atoms with Crippen LogP contribution >= 0.6 is 0 Å². The first-order chi connectivity index (χ1) is 5.79. The Balaban J connectivity index is 2.13. The lowest BCUT2D eigenvalue weighted by Crippen LogP contribution is -2.32. The van der Waals surface area contributed by atoms with Crippen molar-refractivity contribution in [2.24, 2.45) is 11.8 Å². The van der Waals surface area contributed by atoms with Crippen LogP contribution in [0, 0.1) is 11.8 Å². The van der Waals surface area contributed by atoms with E-state index in [0.29, 0.717) is 17.6 Å². The van der Waals surface area contributed by atoms with Crippen molar-refractivity contribution in [2.45, 2.75) is 38.5 Å². The van der Waals surface area contributed by atoms with Crippen LogP contribution in [0.5, 0.6) is 0 Å². The molecule has 0 aliphatic heterocycles. The fourth-order valence-corrected chi connectivity index (χ4v) is 2.64. The van der Waals surface area contributed by atoms with Crippen molar-refractivity contribution in [3.63, 3.8) is 0 Å². The van der Waals surface area contributed by atoms with E-state index in [9.17, 15) is 4.79 Å². The van der Waals surface area contributed by atoms with E-state index in [1.54, 1.807) is 0 Å². The minimum Gasteiger partial charge on any atom is -0.294 e. The number of carbonyl (C=O) groups excluding carboxylic acids is 1. The van der Waals surface area contributed by atoms with Crippen LogP contribution in [0.4, 0.5) is 0 Å². The zero-order chi connectivity index (χ0) is 8.55. The van der Waals surface area contributed by atoms with Crippen molar-refractivity contribution in [3.8, 4) is 0 Å². The highest BCUT2D eigenvalue weighted by Gasteiger charge is 2.35. The van der Waals surface area contributed by atoms with Crippen LogP contribution in [0.25, 0.3) is 0 Å². The van der Waals surface area contributed by atoms with E-state index in [1.165, 1.54) is 25.7 Å². The molecule has 0 amide bonds. The number of hydrogen-bond donors (Lipinski definition) is 0. The van der Waals surface area contributed by atoms with Gasteiger partial charge in [0.25, 0.3) is 0 Å². The van der Waals surface area contributed by atoms with Gasteiger partial charge in [0.1, 0.15) is 0 Å². The van der Waals surface area contributed by atoms with Crippen LogP contribution in [0.1, 0.15) is 38.5 Å². The summed E-state index contributed by atoms with van der Waals surface area (Å²) < 4.78 is 0. The third kappa shape index (κ3) is 1.21. The highest BCUT2D eigenvalue weighted by atomic mass is 16.1. The van der Waals surface area contributed by atoms with Crippen molar-refractivity contribution in [1.29, 1.82) is 0 Å². The van der Waals surface area contributed by atoms with Crippen LogP contribution in [0.3, 0.4) is 0 Å². The summed E-state index contributed by atoms with van der Waals surface area (Å²) in [6.07, 6.45) is 7.17. The fourth-order valence-electron chi connectivity index (χ4n) is 2.64. The number of hydrogen-bond acceptors (Lipinski definition) is 1. The molecule has 0 radical (unpaired) electrons. The van der Waals surface area contributed by atoms with E-state index in [0.717, 1.165) is 18.4 Å². The molecule has 0 saturated heterocycles. The Kier molecular flexibility index (Phi) is 2.03. The molecular weight excluding hydrogens is 148 g/mol. The molecule has 0 aromatic rings. The van der Waals surface area contributed by atoms with Crippen LogP contribution in [0.2, 0.25) is 0 Å². The molecule has 0 bridgehead atoms. The number of rotatable bonds is 0. The summed E-state index contributed by atoms with van der Waals surface area (Å²) in [6, 6.07) is 0. The molecule has 2 aliphatic rings. The molecule has 2 rings (SSSR count). The monoisotopic (exact) mass is 164 g/mol. The van der Waals surface area contributed by atoms with Gasteiger partial charge in [-0.1, -0.05) is 19.4 Å². The summed E-state index contributed by atoms with van der Waals surface area (Å²) >= 11 is 0.